The van der Waals surface area contributed by atoms with Crippen LogP contribution in [0.5, 0.6) is 0 Å². The maximum atomic E-state index is 13.3. The zero-order valence-corrected chi connectivity index (χ0v) is 20.3. The summed E-state index contributed by atoms with van der Waals surface area (Å²) >= 11 is 1.20. The topological polar surface area (TPSA) is 90.3 Å². The third-order valence-electron chi connectivity index (χ3n) is 5.54. The van der Waals surface area contributed by atoms with Gasteiger partial charge in [0.15, 0.2) is 0 Å². The average molecular weight is 476 g/mol. The minimum atomic E-state index is -0.404. The van der Waals surface area contributed by atoms with E-state index in [9.17, 15) is 14.4 Å². The molecular weight excluding hydrogens is 450 g/mol. The summed E-state index contributed by atoms with van der Waals surface area (Å²) in [5.74, 6) is -0.668. The molecule has 2 aromatic carbocycles. The molecule has 34 heavy (non-hydrogen) atoms. The van der Waals surface area contributed by atoms with Gasteiger partial charge in [0.2, 0.25) is 0 Å². The van der Waals surface area contributed by atoms with Crippen LogP contribution in [0.1, 0.15) is 49.2 Å². The molecule has 4 aromatic rings. The second kappa shape index (κ2) is 9.61. The van der Waals surface area contributed by atoms with Crippen molar-refractivity contribution in [2.75, 3.05) is 11.9 Å². The lowest BCUT2D eigenvalue weighted by Crippen LogP contribution is -2.21. The molecule has 0 radical (unpaired) electrons. The van der Waals surface area contributed by atoms with Gasteiger partial charge >= 0.3 is 5.97 Å². The van der Waals surface area contributed by atoms with E-state index >= 15 is 0 Å². The monoisotopic (exact) mass is 475 g/mol. The lowest BCUT2D eigenvalue weighted by Gasteiger charge is -2.09. The molecule has 4 rings (SSSR count). The fraction of sp³-hybridized carbons (Fsp3) is 0.231. The second-order valence-corrected chi connectivity index (χ2v) is 9.11. The zero-order chi connectivity index (χ0) is 24.4. The van der Waals surface area contributed by atoms with Crippen LogP contribution in [0.4, 0.5) is 5.69 Å². The number of nitrogens with one attached hydrogen (secondary N) is 1. The van der Waals surface area contributed by atoms with Crippen molar-refractivity contribution in [2.24, 2.45) is 0 Å². The lowest BCUT2D eigenvalue weighted by atomic mass is 10.1. The van der Waals surface area contributed by atoms with E-state index in [1.165, 1.54) is 22.2 Å². The van der Waals surface area contributed by atoms with Crippen LogP contribution < -0.4 is 10.9 Å². The number of rotatable bonds is 6. The van der Waals surface area contributed by atoms with Gasteiger partial charge in [-0.25, -0.2) is 9.78 Å². The van der Waals surface area contributed by atoms with Crippen molar-refractivity contribution >= 4 is 39.1 Å². The number of thiophene rings is 1. The zero-order valence-electron chi connectivity index (χ0n) is 19.5. The third kappa shape index (κ3) is 4.63. The molecule has 8 heteroatoms. The number of fused-ring (bicyclic) bond motifs is 1. The number of esters is 1. The number of ether oxygens (including phenoxy) is 1. The highest BCUT2D eigenvalue weighted by atomic mass is 32.1. The van der Waals surface area contributed by atoms with Gasteiger partial charge in [0.05, 0.1) is 35.3 Å². The van der Waals surface area contributed by atoms with E-state index in [1.807, 2.05) is 38.1 Å². The molecule has 174 valence electrons. The van der Waals surface area contributed by atoms with Gasteiger partial charge in [-0.15, -0.1) is 11.3 Å². The van der Waals surface area contributed by atoms with Crippen molar-refractivity contribution < 1.29 is 14.3 Å². The summed E-state index contributed by atoms with van der Waals surface area (Å²) < 4.78 is 6.54. The van der Waals surface area contributed by atoms with Crippen LogP contribution in [-0.2, 0) is 11.3 Å². The van der Waals surface area contributed by atoms with Crippen molar-refractivity contribution in [1.82, 2.24) is 9.55 Å². The van der Waals surface area contributed by atoms with E-state index < -0.39 is 5.97 Å². The van der Waals surface area contributed by atoms with Crippen LogP contribution in [0, 0.1) is 20.8 Å². The molecule has 0 fully saturated rings. The van der Waals surface area contributed by atoms with E-state index in [2.05, 4.69) is 10.3 Å². The minimum Gasteiger partial charge on any atom is -0.462 e. The van der Waals surface area contributed by atoms with E-state index in [0.29, 0.717) is 32.8 Å². The summed E-state index contributed by atoms with van der Waals surface area (Å²) in [6.45, 7) is 8.00. The smallest absolute Gasteiger partial charge is 0.338 e. The SMILES string of the molecule is CCOC(=O)c1cccc(Cn2cnc3sc(C(=O)Nc4ccc(C)cc4C)c(C)c3c2=O)c1. The van der Waals surface area contributed by atoms with Crippen molar-refractivity contribution in [1.29, 1.82) is 0 Å². The molecule has 0 unspecified atom stereocenters. The Hall–Kier alpha value is -3.78. The highest BCUT2D eigenvalue weighted by Gasteiger charge is 2.20. The highest BCUT2D eigenvalue weighted by molar-refractivity contribution is 7.20. The predicted molar refractivity (Wildman–Crippen MR) is 134 cm³/mol. The van der Waals surface area contributed by atoms with Crippen LogP contribution in [0.25, 0.3) is 10.2 Å². The normalized spacial score (nSPS) is 10.9. The van der Waals surface area contributed by atoms with Gasteiger partial charge in [-0.2, -0.15) is 0 Å². The molecule has 1 amide bonds. The van der Waals surface area contributed by atoms with Gasteiger partial charge in [-0.3, -0.25) is 14.2 Å². The Bertz CT molecular complexity index is 1470. The fourth-order valence-corrected chi connectivity index (χ4v) is 4.86. The maximum Gasteiger partial charge on any atom is 0.338 e. The van der Waals surface area contributed by atoms with Crippen molar-refractivity contribution in [3.63, 3.8) is 0 Å². The minimum absolute atomic E-state index is 0.231. The molecule has 0 saturated heterocycles. The first-order valence-corrected chi connectivity index (χ1v) is 11.7. The number of aromatic nitrogens is 2. The standard InChI is InChI=1S/C26H25N3O4S/c1-5-33-26(32)19-8-6-7-18(12-19)13-29-14-27-24-21(25(29)31)17(4)22(34-24)23(30)28-20-10-9-15(2)11-16(20)3/h6-12,14H,5,13H2,1-4H3,(H,28,30). The molecule has 2 heterocycles. The average Bonchev–Trinajstić information content (AvgIpc) is 3.15. The summed E-state index contributed by atoms with van der Waals surface area (Å²) in [4.78, 5) is 43.7. The van der Waals surface area contributed by atoms with Gasteiger partial charge in [0.1, 0.15) is 4.83 Å². The summed E-state index contributed by atoms with van der Waals surface area (Å²) in [5.41, 5.74) is 4.40. The molecule has 0 aliphatic heterocycles. The molecular formula is C26H25N3O4S. The van der Waals surface area contributed by atoms with Gasteiger partial charge in [-0.05, 0) is 62.6 Å². The van der Waals surface area contributed by atoms with E-state index in [1.54, 1.807) is 32.0 Å². The number of anilines is 1. The number of carbonyl (C=O) groups is 2. The van der Waals surface area contributed by atoms with Crippen LogP contribution >= 0.6 is 11.3 Å². The van der Waals surface area contributed by atoms with Gasteiger partial charge in [0, 0.05) is 5.69 Å². The predicted octanol–water partition coefficient (Wildman–Crippen LogP) is 4.86. The van der Waals surface area contributed by atoms with E-state index in [-0.39, 0.29) is 18.0 Å². The summed E-state index contributed by atoms with van der Waals surface area (Å²) in [6.07, 6.45) is 1.48. The van der Waals surface area contributed by atoms with Crippen molar-refractivity contribution in [3.8, 4) is 0 Å². The number of benzene rings is 2. The van der Waals surface area contributed by atoms with Crippen molar-refractivity contribution in [3.05, 3.63) is 91.8 Å². The summed E-state index contributed by atoms with van der Waals surface area (Å²) in [5, 5.41) is 3.38. The molecule has 0 spiro atoms. The number of carbonyl (C=O) groups excluding carboxylic acids is 2. The quantitative estimate of drug-likeness (QED) is 0.402. The maximum absolute atomic E-state index is 13.3. The Morgan fingerprint density at radius 1 is 1.12 bits per heavy atom. The molecule has 0 bridgehead atoms. The van der Waals surface area contributed by atoms with Gasteiger partial charge < -0.3 is 10.1 Å². The summed E-state index contributed by atoms with van der Waals surface area (Å²) in [6, 6.07) is 12.8. The largest absolute Gasteiger partial charge is 0.462 e. The number of nitrogens with zero attached hydrogens (tertiary/aromatic N) is 2. The Balaban J connectivity index is 1.64. The Morgan fingerprint density at radius 2 is 1.91 bits per heavy atom. The first-order chi connectivity index (χ1) is 16.3. The van der Waals surface area contributed by atoms with Gasteiger partial charge in [-0.1, -0.05) is 29.8 Å². The Labute approximate surface area is 201 Å². The van der Waals surface area contributed by atoms with Gasteiger partial charge in [0.25, 0.3) is 11.5 Å². The molecule has 2 aromatic heterocycles. The Morgan fingerprint density at radius 3 is 2.65 bits per heavy atom. The first kappa shape index (κ1) is 23.4. The van der Waals surface area contributed by atoms with E-state index in [4.69, 9.17) is 4.74 Å². The molecule has 0 aliphatic rings. The van der Waals surface area contributed by atoms with Crippen LogP contribution in [0.3, 0.4) is 0 Å². The highest BCUT2D eigenvalue weighted by Crippen LogP contribution is 2.28. The Kier molecular flexibility index (Phi) is 6.61. The molecule has 0 atom stereocenters. The van der Waals surface area contributed by atoms with Crippen LogP contribution in [0.2, 0.25) is 0 Å². The lowest BCUT2D eigenvalue weighted by molar-refractivity contribution is 0.0526. The van der Waals surface area contributed by atoms with E-state index in [0.717, 1.165) is 22.4 Å². The van der Waals surface area contributed by atoms with Crippen molar-refractivity contribution in [2.45, 2.75) is 34.2 Å². The molecule has 7 nitrogen and oxygen atoms in total. The molecule has 0 saturated carbocycles. The fourth-order valence-electron chi connectivity index (χ4n) is 3.83. The van der Waals surface area contributed by atoms with Crippen LogP contribution in [-0.4, -0.2) is 28.0 Å². The number of hydrogen-bond donors (Lipinski definition) is 1. The first-order valence-electron chi connectivity index (χ1n) is 10.9. The number of amides is 1. The van der Waals surface area contributed by atoms with Crippen LogP contribution in [0.15, 0.2) is 53.6 Å². The second-order valence-electron chi connectivity index (χ2n) is 8.11. The molecule has 0 aliphatic carbocycles. The number of aryl methyl sites for hydroxylation is 3. The third-order valence-corrected chi connectivity index (χ3v) is 6.74. The summed E-state index contributed by atoms with van der Waals surface area (Å²) in [7, 11) is 0. The number of hydrogen-bond acceptors (Lipinski definition) is 6. The molecule has 1 N–H and O–H groups in total.